The molecule has 1 aromatic carbocycles. The second kappa shape index (κ2) is 11.2. The number of nitrogens with zero attached hydrogens (tertiary/aromatic N) is 2. The van der Waals surface area contributed by atoms with Crippen LogP contribution in [0, 0.1) is 5.92 Å². The average Bonchev–Trinajstić information content (AvgIpc) is 3.50. The normalized spacial score (nSPS) is 18.6. The second-order valence-electron chi connectivity index (χ2n) is 8.39. The Morgan fingerprint density at radius 1 is 1.13 bits per heavy atom. The van der Waals surface area contributed by atoms with Crippen LogP contribution in [0.15, 0.2) is 23.2 Å². The molecule has 1 aromatic rings. The van der Waals surface area contributed by atoms with Gasteiger partial charge in [0.15, 0.2) is 17.5 Å². The number of hydrogen-bond donors (Lipinski definition) is 2. The van der Waals surface area contributed by atoms with Gasteiger partial charge in [0.1, 0.15) is 6.54 Å². The number of carbonyl (C=O) groups is 1. The molecule has 170 valence electrons. The lowest BCUT2D eigenvalue weighted by Gasteiger charge is -2.16. The molecule has 1 saturated heterocycles. The first-order valence-corrected chi connectivity index (χ1v) is 11.6. The molecule has 0 atom stereocenters. The van der Waals surface area contributed by atoms with Gasteiger partial charge in [0, 0.05) is 51.0 Å². The standard InChI is InChI=1S/C23H34N4O4/c28-22(27-10-1-2-11-27)16-25-23(24-9-3-12-29-17-18-5-6-18)26-19-7-8-20-21(15-19)31-14-4-13-30-20/h7-8,15,18H,1-6,9-14,16-17H2,(H2,24,25,26). The molecule has 1 aliphatic carbocycles. The summed E-state index contributed by atoms with van der Waals surface area (Å²) in [6, 6.07) is 5.76. The summed E-state index contributed by atoms with van der Waals surface area (Å²) in [7, 11) is 0. The van der Waals surface area contributed by atoms with Gasteiger partial charge < -0.3 is 29.7 Å². The van der Waals surface area contributed by atoms with Crippen molar-refractivity contribution in [3.05, 3.63) is 18.2 Å². The Labute approximate surface area is 184 Å². The van der Waals surface area contributed by atoms with Crippen LogP contribution in [0.5, 0.6) is 11.5 Å². The van der Waals surface area contributed by atoms with E-state index in [1.165, 1.54) is 12.8 Å². The lowest BCUT2D eigenvalue weighted by molar-refractivity contribution is -0.128. The molecule has 0 bridgehead atoms. The highest BCUT2D eigenvalue weighted by Crippen LogP contribution is 2.32. The summed E-state index contributed by atoms with van der Waals surface area (Å²) in [5.74, 6) is 2.92. The van der Waals surface area contributed by atoms with E-state index in [9.17, 15) is 4.79 Å². The molecular weight excluding hydrogens is 396 g/mol. The first-order chi connectivity index (χ1) is 15.3. The Kier molecular flexibility index (Phi) is 7.87. The number of guanidine groups is 1. The first kappa shape index (κ1) is 21.7. The third-order valence-electron chi connectivity index (χ3n) is 5.65. The third-order valence-corrected chi connectivity index (χ3v) is 5.65. The highest BCUT2D eigenvalue weighted by Gasteiger charge is 2.21. The predicted octanol–water partition coefficient (Wildman–Crippen LogP) is 2.64. The maximum atomic E-state index is 12.4. The fraction of sp³-hybridized carbons (Fsp3) is 0.652. The van der Waals surface area contributed by atoms with Gasteiger partial charge in [0.05, 0.1) is 13.2 Å². The Morgan fingerprint density at radius 2 is 1.94 bits per heavy atom. The second-order valence-corrected chi connectivity index (χ2v) is 8.39. The van der Waals surface area contributed by atoms with Gasteiger partial charge in [-0.1, -0.05) is 0 Å². The molecule has 0 aromatic heterocycles. The summed E-state index contributed by atoms with van der Waals surface area (Å²) in [5.41, 5.74) is 0.842. The van der Waals surface area contributed by atoms with Crippen LogP contribution < -0.4 is 20.1 Å². The van der Waals surface area contributed by atoms with Crippen LogP contribution in [-0.2, 0) is 9.53 Å². The highest BCUT2D eigenvalue weighted by molar-refractivity contribution is 5.95. The number of amides is 1. The molecule has 2 fully saturated rings. The van der Waals surface area contributed by atoms with Gasteiger partial charge in [0.25, 0.3) is 0 Å². The van der Waals surface area contributed by atoms with Crippen molar-refractivity contribution in [3.8, 4) is 11.5 Å². The van der Waals surface area contributed by atoms with Gasteiger partial charge in [-0.05, 0) is 50.2 Å². The molecule has 0 spiro atoms. The van der Waals surface area contributed by atoms with Gasteiger partial charge in [-0.3, -0.25) is 4.79 Å². The topological polar surface area (TPSA) is 84.4 Å². The van der Waals surface area contributed by atoms with E-state index in [1.54, 1.807) is 0 Å². The quantitative estimate of drug-likeness (QED) is 0.356. The first-order valence-electron chi connectivity index (χ1n) is 11.6. The monoisotopic (exact) mass is 430 g/mol. The predicted molar refractivity (Wildman–Crippen MR) is 120 cm³/mol. The summed E-state index contributed by atoms with van der Waals surface area (Å²) >= 11 is 0. The number of hydrogen-bond acceptors (Lipinski definition) is 5. The van der Waals surface area contributed by atoms with Crippen molar-refractivity contribution < 1.29 is 19.0 Å². The minimum Gasteiger partial charge on any atom is -0.490 e. The number of nitrogens with one attached hydrogen (secondary N) is 2. The summed E-state index contributed by atoms with van der Waals surface area (Å²) in [6.45, 7) is 5.44. The molecule has 0 radical (unpaired) electrons. The molecule has 2 aliphatic heterocycles. The van der Waals surface area contributed by atoms with Crippen LogP contribution in [0.25, 0.3) is 0 Å². The highest BCUT2D eigenvalue weighted by atomic mass is 16.5. The Hall–Kier alpha value is -2.48. The molecule has 31 heavy (non-hydrogen) atoms. The maximum absolute atomic E-state index is 12.4. The molecule has 2 N–H and O–H groups in total. The van der Waals surface area contributed by atoms with Crippen molar-refractivity contribution in [1.82, 2.24) is 10.2 Å². The van der Waals surface area contributed by atoms with Crippen molar-refractivity contribution in [3.63, 3.8) is 0 Å². The van der Waals surface area contributed by atoms with Crippen molar-refractivity contribution in [1.29, 1.82) is 0 Å². The SMILES string of the molecule is O=C(CN=C(NCCCOCC1CC1)Nc1ccc2c(c1)OCCCO2)N1CCCC1. The Morgan fingerprint density at radius 3 is 2.74 bits per heavy atom. The molecule has 1 saturated carbocycles. The lowest BCUT2D eigenvalue weighted by Crippen LogP contribution is -2.35. The van der Waals surface area contributed by atoms with Gasteiger partial charge >= 0.3 is 0 Å². The summed E-state index contributed by atoms with van der Waals surface area (Å²) < 4.78 is 17.2. The lowest BCUT2D eigenvalue weighted by atomic mass is 10.2. The van der Waals surface area contributed by atoms with Crippen molar-refractivity contribution in [2.24, 2.45) is 10.9 Å². The minimum absolute atomic E-state index is 0.0741. The van der Waals surface area contributed by atoms with E-state index in [4.69, 9.17) is 14.2 Å². The van der Waals surface area contributed by atoms with Crippen LogP contribution in [0.1, 0.15) is 38.5 Å². The fourth-order valence-corrected chi connectivity index (χ4v) is 3.65. The van der Waals surface area contributed by atoms with Crippen molar-refractivity contribution in [2.45, 2.75) is 38.5 Å². The van der Waals surface area contributed by atoms with E-state index in [1.807, 2.05) is 23.1 Å². The number of ether oxygens (including phenoxy) is 3. The number of rotatable bonds is 9. The number of fused-ring (bicyclic) bond motifs is 1. The van der Waals surface area contributed by atoms with E-state index < -0.39 is 0 Å². The zero-order valence-electron chi connectivity index (χ0n) is 18.2. The summed E-state index contributed by atoms with van der Waals surface area (Å²) in [5, 5.41) is 6.63. The summed E-state index contributed by atoms with van der Waals surface area (Å²) in [4.78, 5) is 18.9. The van der Waals surface area contributed by atoms with E-state index in [0.29, 0.717) is 19.2 Å². The van der Waals surface area contributed by atoms with Crippen LogP contribution in [0.3, 0.4) is 0 Å². The largest absolute Gasteiger partial charge is 0.490 e. The zero-order valence-corrected chi connectivity index (χ0v) is 18.2. The molecule has 3 aliphatic rings. The Balaban J connectivity index is 1.33. The maximum Gasteiger partial charge on any atom is 0.244 e. The average molecular weight is 431 g/mol. The van der Waals surface area contributed by atoms with E-state index in [0.717, 1.165) is 81.6 Å². The zero-order chi connectivity index (χ0) is 21.3. The van der Waals surface area contributed by atoms with Crippen molar-refractivity contribution in [2.75, 3.05) is 57.9 Å². The Bertz CT molecular complexity index is 760. The van der Waals surface area contributed by atoms with Crippen LogP contribution >= 0.6 is 0 Å². The number of benzene rings is 1. The molecule has 8 heteroatoms. The molecular formula is C23H34N4O4. The van der Waals surface area contributed by atoms with Crippen LogP contribution in [-0.4, -0.2) is 69.4 Å². The molecule has 2 heterocycles. The molecule has 0 unspecified atom stereocenters. The van der Waals surface area contributed by atoms with Gasteiger partial charge in [-0.25, -0.2) is 4.99 Å². The molecule has 1 amide bonds. The number of anilines is 1. The summed E-state index contributed by atoms with van der Waals surface area (Å²) in [6.07, 6.45) is 6.52. The van der Waals surface area contributed by atoms with E-state index in [-0.39, 0.29) is 12.5 Å². The van der Waals surface area contributed by atoms with Gasteiger partial charge in [-0.2, -0.15) is 0 Å². The minimum atomic E-state index is 0.0741. The molecule has 4 rings (SSSR count). The third kappa shape index (κ3) is 7.02. The number of carbonyl (C=O) groups excluding carboxylic acids is 1. The number of likely N-dealkylation sites (tertiary alicyclic amines) is 1. The van der Waals surface area contributed by atoms with Crippen molar-refractivity contribution >= 4 is 17.6 Å². The molecule has 8 nitrogen and oxygen atoms in total. The van der Waals surface area contributed by atoms with E-state index >= 15 is 0 Å². The van der Waals surface area contributed by atoms with E-state index in [2.05, 4.69) is 15.6 Å². The number of aliphatic imine (C=N–C) groups is 1. The van der Waals surface area contributed by atoms with Gasteiger partial charge in [0.2, 0.25) is 5.91 Å². The fourth-order valence-electron chi connectivity index (χ4n) is 3.65. The smallest absolute Gasteiger partial charge is 0.244 e. The van der Waals surface area contributed by atoms with Crippen LogP contribution in [0.2, 0.25) is 0 Å². The van der Waals surface area contributed by atoms with Gasteiger partial charge in [-0.15, -0.1) is 0 Å². The van der Waals surface area contributed by atoms with Crippen LogP contribution in [0.4, 0.5) is 5.69 Å².